The number of rotatable bonds is 4. The number of carbonyl (C=O) groups is 2. The molecule has 0 bridgehead atoms. The minimum absolute atomic E-state index is 0.0929. The van der Waals surface area contributed by atoms with Crippen LogP contribution in [0.5, 0.6) is 0 Å². The van der Waals surface area contributed by atoms with E-state index < -0.39 is 6.03 Å². The summed E-state index contributed by atoms with van der Waals surface area (Å²) in [5, 5.41) is 12.0. The second kappa shape index (κ2) is 6.60. The molecule has 8 nitrogen and oxygen atoms in total. The second-order valence-corrected chi connectivity index (χ2v) is 5.61. The Balaban J connectivity index is 1.73. The summed E-state index contributed by atoms with van der Waals surface area (Å²) in [6.07, 6.45) is 6.73. The number of aromatic nitrogens is 3. The Hall–Kier alpha value is -3.81. The van der Waals surface area contributed by atoms with Crippen LogP contribution in [0.2, 0.25) is 0 Å². The average molecular weight is 346 g/mol. The van der Waals surface area contributed by atoms with Crippen LogP contribution in [0.15, 0.2) is 66.2 Å². The number of para-hydroxylation sites is 1. The molecule has 1 aliphatic heterocycles. The van der Waals surface area contributed by atoms with Gasteiger partial charge in [-0.1, -0.05) is 18.2 Å². The van der Waals surface area contributed by atoms with Crippen molar-refractivity contribution in [1.29, 1.82) is 0 Å². The van der Waals surface area contributed by atoms with E-state index in [0.29, 0.717) is 11.3 Å². The summed E-state index contributed by atoms with van der Waals surface area (Å²) in [6, 6.07) is 12.8. The maximum Gasteiger partial charge on any atom is 0.344 e. The lowest BCUT2D eigenvalue weighted by Gasteiger charge is -2.04. The fourth-order valence-electron chi connectivity index (χ4n) is 2.58. The van der Waals surface area contributed by atoms with Gasteiger partial charge in [0.15, 0.2) is 0 Å². The Morgan fingerprint density at radius 2 is 1.96 bits per heavy atom. The number of nitrogens with zero attached hydrogens (tertiary/aromatic N) is 5. The molecule has 128 valence electrons. The first-order valence-corrected chi connectivity index (χ1v) is 7.91. The maximum absolute atomic E-state index is 11.6. The highest BCUT2D eigenvalue weighted by molar-refractivity contribution is 6.02. The monoisotopic (exact) mass is 346 g/mol. The molecule has 4 rings (SSSR count). The molecule has 1 N–H and O–H groups in total. The van der Waals surface area contributed by atoms with Gasteiger partial charge in [0.05, 0.1) is 11.9 Å². The quantitative estimate of drug-likeness (QED) is 0.576. The molecule has 1 fully saturated rings. The highest BCUT2D eigenvalue weighted by Gasteiger charge is 2.26. The number of hydrogen-bond acceptors (Lipinski definition) is 5. The Morgan fingerprint density at radius 1 is 1.12 bits per heavy atom. The molecule has 26 heavy (non-hydrogen) atoms. The molecule has 1 aliphatic rings. The van der Waals surface area contributed by atoms with Gasteiger partial charge in [0.1, 0.15) is 12.2 Å². The molecule has 3 aromatic rings. The zero-order valence-corrected chi connectivity index (χ0v) is 13.6. The summed E-state index contributed by atoms with van der Waals surface area (Å²) in [4.78, 5) is 27.0. The van der Waals surface area contributed by atoms with Gasteiger partial charge in [0.2, 0.25) is 5.91 Å². The summed E-state index contributed by atoms with van der Waals surface area (Å²) in [5.41, 5.74) is 3.10. The van der Waals surface area contributed by atoms with Crippen molar-refractivity contribution >= 4 is 18.2 Å². The lowest BCUT2D eigenvalue weighted by atomic mass is 10.1. The van der Waals surface area contributed by atoms with E-state index in [4.69, 9.17) is 0 Å². The minimum atomic E-state index is -0.537. The maximum atomic E-state index is 11.6. The van der Waals surface area contributed by atoms with E-state index in [1.54, 1.807) is 17.1 Å². The molecule has 0 aliphatic carbocycles. The first-order valence-electron chi connectivity index (χ1n) is 7.91. The van der Waals surface area contributed by atoms with Crippen molar-refractivity contribution < 1.29 is 9.59 Å². The molecular weight excluding hydrogens is 332 g/mol. The standard InChI is InChI=1S/C18H14N6O2/c25-16-12-24(18(26)21-16)20-10-14-11-23(15-6-2-1-3-7-15)22-17(14)13-5-4-8-19-9-13/h1-11H,12H2,(H,21,25,26)/b20-10+. The smallest absolute Gasteiger partial charge is 0.275 e. The van der Waals surface area contributed by atoms with Gasteiger partial charge in [-0.2, -0.15) is 10.2 Å². The van der Waals surface area contributed by atoms with Gasteiger partial charge in [0, 0.05) is 29.7 Å². The Labute approximate surface area is 148 Å². The number of pyridine rings is 1. The van der Waals surface area contributed by atoms with Crippen LogP contribution in [0, 0.1) is 0 Å². The van der Waals surface area contributed by atoms with Crippen molar-refractivity contribution in [3.8, 4) is 16.9 Å². The Bertz CT molecular complexity index is 981. The average Bonchev–Trinajstić information content (AvgIpc) is 3.24. The minimum Gasteiger partial charge on any atom is -0.275 e. The van der Waals surface area contributed by atoms with Crippen molar-refractivity contribution in [3.05, 3.63) is 66.6 Å². The highest BCUT2D eigenvalue weighted by Crippen LogP contribution is 2.22. The van der Waals surface area contributed by atoms with E-state index in [2.05, 4.69) is 20.5 Å². The third-order valence-electron chi connectivity index (χ3n) is 3.81. The fraction of sp³-hybridized carbons (Fsp3) is 0.0556. The lowest BCUT2D eigenvalue weighted by Crippen LogP contribution is -2.24. The molecule has 1 aromatic carbocycles. The first kappa shape index (κ1) is 15.7. The summed E-state index contributed by atoms with van der Waals surface area (Å²) in [5.74, 6) is -0.375. The predicted molar refractivity (Wildman–Crippen MR) is 94.6 cm³/mol. The predicted octanol–water partition coefficient (Wildman–Crippen LogP) is 1.82. The second-order valence-electron chi connectivity index (χ2n) is 5.61. The first-order chi connectivity index (χ1) is 12.7. The van der Waals surface area contributed by atoms with Gasteiger partial charge in [-0.25, -0.2) is 14.5 Å². The van der Waals surface area contributed by atoms with Gasteiger partial charge in [-0.15, -0.1) is 0 Å². The van der Waals surface area contributed by atoms with E-state index in [9.17, 15) is 9.59 Å². The highest BCUT2D eigenvalue weighted by atomic mass is 16.2. The molecule has 0 saturated carbocycles. The molecule has 0 spiro atoms. The van der Waals surface area contributed by atoms with Gasteiger partial charge < -0.3 is 0 Å². The van der Waals surface area contributed by atoms with Crippen LogP contribution in [0.4, 0.5) is 4.79 Å². The van der Waals surface area contributed by atoms with Gasteiger partial charge in [-0.05, 0) is 24.3 Å². The van der Waals surface area contributed by atoms with Crippen molar-refractivity contribution in [2.75, 3.05) is 6.54 Å². The molecule has 2 aromatic heterocycles. The number of hydrogen-bond donors (Lipinski definition) is 1. The molecule has 1 saturated heterocycles. The Morgan fingerprint density at radius 3 is 2.65 bits per heavy atom. The van der Waals surface area contributed by atoms with Gasteiger partial charge >= 0.3 is 6.03 Å². The summed E-state index contributed by atoms with van der Waals surface area (Å²) >= 11 is 0. The summed E-state index contributed by atoms with van der Waals surface area (Å²) in [7, 11) is 0. The van der Waals surface area contributed by atoms with E-state index in [0.717, 1.165) is 16.3 Å². The van der Waals surface area contributed by atoms with Crippen molar-refractivity contribution in [2.45, 2.75) is 0 Å². The largest absolute Gasteiger partial charge is 0.344 e. The molecule has 0 unspecified atom stereocenters. The van der Waals surface area contributed by atoms with Crippen molar-refractivity contribution in [3.63, 3.8) is 0 Å². The van der Waals surface area contributed by atoms with Crippen molar-refractivity contribution in [2.24, 2.45) is 5.10 Å². The molecule has 3 heterocycles. The number of amides is 3. The van der Waals surface area contributed by atoms with E-state index >= 15 is 0 Å². The fourth-order valence-corrected chi connectivity index (χ4v) is 2.58. The molecule has 8 heteroatoms. The number of hydrazone groups is 1. The van der Waals surface area contributed by atoms with Crippen LogP contribution in [-0.2, 0) is 4.79 Å². The Kier molecular flexibility index (Phi) is 3.98. The van der Waals surface area contributed by atoms with E-state index in [-0.39, 0.29) is 12.5 Å². The molecular formula is C18H14N6O2. The number of imide groups is 1. The molecule has 3 amide bonds. The van der Waals surface area contributed by atoms with Gasteiger partial charge in [-0.3, -0.25) is 15.1 Å². The topological polar surface area (TPSA) is 92.5 Å². The van der Waals surface area contributed by atoms with Crippen LogP contribution in [0.3, 0.4) is 0 Å². The number of carbonyl (C=O) groups excluding carboxylic acids is 2. The van der Waals surface area contributed by atoms with E-state index in [1.165, 1.54) is 6.21 Å². The molecule has 0 atom stereocenters. The SMILES string of the molecule is O=C1CN(/N=C/c2cn(-c3ccccc3)nc2-c2cccnc2)C(=O)N1. The third-order valence-corrected chi connectivity index (χ3v) is 3.81. The summed E-state index contributed by atoms with van der Waals surface area (Å²) < 4.78 is 1.74. The van der Waals surface area contributed by atoms with Crippen LogP contribution < -0.4 is 5.32 Å². The third kappa shape index (κ3) is 3.07. The van der Waals surface area contributed by atoms with E-state index in [1.807, 2.05) is 48.7 Å². The zero-order chi connectivity index (χ0) is 17.9. The lowest BCUT2D eigenvalue weighted by molar-refractivity contribution is -0.118. The number of nitrogens with one attached hydrogen (secondary N) is 1. The van der Waals surface area contributed by atoms with Crippen molar-refractivity contribution in [1.82, 2.24) is 25.1 Å². The number of benzene rings is 1. The van der Waals surface area contributed by atoms with Crippen LogP contribution in [0.25, 0.3) is 16.9 Å². The van der Waals surface area contributed by atoms with Gasteiger partial charge in [0.25, 0.3) is 0 Å². The zero-order valence-electron chi connectivity index (χ0n) is 13.6. The molecule has 0 radical (unpaired) electrons. The number of urea groups is 1. The normalized spacial score (nSPS) is 14.2. The van der Waals surface area contributed by atoms with Crippen LogP contribution in [0.1, 0.15) is 5.56 Å². The van der Waals surface area contributed by atoms with Crippen LogP contribution >= 0.6 is 0 Å². The van der Waals surface area contributed by atoms with Crippen LogP contribution in [-0.4, -0.2) is 44.5 Å². The summed E-state index contributed by atoms with van der Waals surface area (Å²) in [6.45, 7) is -0.0929.